The van der Waals surface area contributed by atoms with Crippen LogP contribution in [0.4, 0.5) is 17.6 Å². The summed E-state index contributed by atoms with van der Waals surface area (Å²) in [5, 5.41) is 3.85. The van der Waals surface area contributed by atoms with Gasteiger partial charge in [-0.2, -0.15) is 8.78 Å². The van der Waals surface area contributed by atoms with Crippen molar-refractivity contribution in [1.29, 1.82) is 0 Å². The van der Waals surface area contributed by atoms with E-state index in [1.54, 1.807) is 31.2 Å². The summed E-state index contributed by atoms with van der Waals surface area (Å²) in [7, 11) is 0. The molecule has 0 bridgehead atoms. The first-order chi connectivity index (χ1) is 9.89. The fourth-order valence-electron chi connectivity index (χ4n) is 2.32. The van der Waals surface area contributed by atoms with E-state index in [9.17, 15) is 17.6 Å². The molecule has 0 amide bonds. The Kier molecular flexibility index (Phi) is 4.74. The second kappa shape index (κ2) is 6.20. The summed E-state index contributed by atoms with van der Waals surface area (Å²) in [6.07, 6.45) is -3.75. The van der Waals surface area contributed by atoms with Crippen LogP contribution in [0.3, 0.4) is 0 Å². The van der Waals surface area contributed by atoms with Crippen molar-refractivity contribution in [1.82, 2.24) is 5.32 Å². The van der Waals surface area contributed by atoms with Crippen molar-refractivity contribution in [2.45, 2.75) is 25.3 Å². The molecule has 0 aliphatic heterocycles. The van der Waals surface area contributed by atoms with E-state index in [0.29, 0.717) is 15.8 Å². The highest BCUT2D eigenvalue weighted by Gasteiger charge is 2.49. The largest absolute Gasteiger partial charge is 0.326 e. The Bertz CT molecular complexity index is 630. The number of alkyl halides is 4. The molecule has 0 aliphatic rings. The maximum atomic E-state index is 13.9. The highest BCUT2D eigenvalue weighted by atomic mass is 35.5. The number of fused-ring (bicyclic) bond motifs is 1. The van der Waals surface area contributed by atoms with Gasteiger partial charge in [0.2, 0.25) is 0 Å². The molecule has 0 aliphatic carbocycles. The fourth-order valence-corrected chi connectivity index (χ4v) is 2.55. The van der Waals surface area contributed by atoms with E-state index in [0.717, 1.165) is 0 Å². The van der Waals surface area contributed by atoms with Gasteiger partial charge in [-0.15, -0.1) is 0 Å². The molecule has 1 unspecified atom stereocenters. The molecule has 1 atom stereocenters. The maximum Gasteiger partial charge on any atom is 0.326 e. The zero-order valence-corrected chi connectivity index (χ0v) is 12.0. The molecule has 2 aromatic rings. The Hall–Kier alpha value is -1.33. The van der Waals surface area contributed by atoms with Crippen molar-refractivity contribution in [3.05, 3.63) is 47.0 Å². The van der Waals surface area contributed by atoms with Crippen LogP contribution in [0.25, 0.3) is 10.8 Å². The molecule has 21 heavy (non-hydrogen) atoms. The van der Waals surface area contributed by atoms with Gasteiger partial charge < -0.3 is 5.32 Å². The summed E-state index contributed by atoms with van der Waals surface area (Å²) in [4.78, 5) is 0. The van der Waals surface area contributed by atoms with Crippen molar-refractivity contribution in [3.8, 4) is 0 Å². The molecule has 2 aromatic carbocycles. The summed E-state index contributed by atoms with van der Waals surface area (Å²) < 4.78 is 53.2. The summed E-state index contributed by atoms with van der Waals surface area (Å²) in [6.45, 7) is 1.73. The fraction of sp³-hybridized carbons (Fsp3) is 0.333. The molecule has 2 rings (SSSR count). The summed E-state index contributed by atoms with van der Waals surface area (Å²) in [6, 6.07) is 7.69. The van der Waals surface area contributed by atoms with E-state index in [4.69, 9.17) is 11.6 Å². The molecule has 1 N–H and O–H groups in total. The van der Waals surface area contributed by atoms with Crippen LogP contribution in [0, 0.1) is 0 Å². The Balaban J connectivity index is 2.64. The molecule has 0 saturated carbocycles. The van der Waals surface area contributed by atoms with Crippen LogP contribution < -0.4 is 5.32 Å². The second-order valence-electron chi connectivity index (χ2n) is 4.65. The van der Waals surface area contributed by atoms with Gasteiger partial charge in [-0.3, -0.25) is 0 Å². The third-order valence-electron chi connectivity index (χ3n) is 3.30. The molecule has 0 aromatic heterocycles. The van der Waals surface area contributed by atoms with Crippen molar-refractivity contribution in [3.63, 3.8) is 0 Å². The van der Waals surface area contributed by atoms with Crippen molar-refractivity contribution < 1.29 is 17.6 Å². The van der Waals surface area contributed by atoms with Crippen molar-refractivity contribution in [2.75, 3.05) is 6.54 Å². The van der Waals surface area contributed by atoms with Gasteiger partial charge in [0.15, 0.2) is 0 Å². The van der Waals surface area contributed by atoms with Crippen LogP contribution in [0.2, 0.25) is 5.02 Å². The van der Waals surface area contributed by atoms with Gasteiger partial charge in [0, 0.05) is 10.4 Å². The third kappa shape index (κ3) is 2.99. The summed E-state index contributed by atoms with van der Waals surface area (Å²) >= 11 is 6.03. The summed E-state index contributed by atoms with van der Waals surface area (Å²) in [5.41, 5.74) is 0.113. The topological polar surface area (TPSA) is 12.0 Å². The van der Waals surface area contributed by atoms with E-state index >= 15 is 0 Å². The Labute approximate surface area is 124 Å². The standard InChI is InChI=1S/C15H14ClF4N/c1-2-21-13(15(19,20)14(17)18)11-7-8-12(16)10-6-4-3-5-9(10)11/h3-8,13-14,21H,2H2,1H3. The average molecular weight is 320 g/mol. The van der Waals surface area contributed by atoms with E-state index < -0.39 is 18.4 Å². The van der Waals surface area contributed by atoms with Gasteiger partial charge in [-0.25, -0.2) is 8.78 Å². The number of hydrogen-bond donors (Lipinski definition) is 1. The Morgan fingerprint density at radius 2 is 1.71 bits per heavy atom. The molecular weight excluding hydrogens is 306 g/mol. The van der Waals surface area contributed by atoms with Crippen LogP contribution in [0.15, 0.2) is 36.4 Å². The molecule has 0 spiro atoms. The van der Waals surface area contributed by atoms with Crippen LogP contribution in [-0.4, -0.2) is 18.9 Å². The minimum atomic E-state index is -4.17. The summed E-state index contributed by atoms with van der Waals surface area (Å²) in [5.74, 6) is -4.17. The van der Waals surface area contributed by atoms with Crippen molar-refractivity contribution >= 4 is 22.4 Å². The Morgan fingerprint density at radius 3 is 2.29 bits per heavy atom. The predicted octanol–water partition coefficient (Wildman–Crippen LogP) is 5.04. The van der Waals surface area contributed by atoms with Crippen LogP contribution >= 0.6 is 11.6 Å². The first-order valence-electron chi connectivity index (χ1n) is 6.46. The van der Waals surface area contributed by atoms with Crippen LogP contribution in [-0.2, 0) is 0 Å². The molecule has 0 saturated heterocycles. The van der Waals surface area contributed by atoms with Gasteiger partial charge in [-0.05, 0) is 23.6 Å². The van der Waals surface area contributed by atoms with Crippen molar-refractivity contribution in [2.24, 2.45) is 0 Å². The van der Waals surface area contributed by atoms with E-state index in [-0.39, 0.29) is 12.1 Å². The normalized spacial score (nSPS) is 13.9. The monoisotopic (exact) mass is 319 g/mol. The number of benzene rings is 2. The maximum absolute atomic E-state index is 13.9. The number of nitrogens with one attached hydrogen (secondary N) is 1. The predicted molar refractivity (Wildman–Crippen MR) is 76.3 cm³/mol. The smallest absolute Gasteiger partial charge is 0.305 e. The molecule has 0 heterocycles. The van der Waals surface area contributed by atoms with E-state index in [2.05, 4.69) is 5.32 Å². The van der Waals surface area contributed by atoms with E-state index in [1.165, 1.54) is 12.1 Å². The molecular formula is C15H14ClF4N. The molecule has 0 radical (unpaired) electrons. The third-order valence-corrected chi connectivity index (χ3v) is 3.63. The first kappa shape index (κ1) is 16.0. The lowest BCUT2D eigenvalue weighted by Gasteiger charge is -2.28. The van der Waals surface area contributed by atoms with E-state index in [1.807, 2.05) is 0 Å². The second-order valence-corrected chi connectivity index (χ2v) is 5.06. The number of halogens is 5. The minimum absolute atomic E-state index is 0.113. The molecule has 1 nitrogen and oxygen atoms in total. The van der Waals surface area contributed by atoms with Gasteiger partial charge in [0.05, 0.1) is 0 Å². The number of rotatable bonds is 5. The zero-order valence-electron chi connectivity index (χ0n) is 11.2. The highest BCUT2D eigenvalue weighted by Crippen LogP contribution is 2.40. The lowest BCUT2D eigenvalue weighted by molar-refractivity contribution is -0.151. The lowest BCUT2D eigenvalue weighted by Crippen LogP contribution is -2.42. The molecule has 114 valence electrons. The van der Waals surface area contributed by atoms with Crippen LogP contribution in [0.5, 0.6) is 0 Å². The SMILES string of the molecule is CCNC(c1ccc(Cl)c2ccccc12)C(F)(F)C(F)F. The van der Waals surface area contributed by atoms with Gasteiger partial charge in [-0.1, -0.05) is 48.9 Å². The Morgan fingerprint density at radius 1 is 1.10 bits per heavy atom. The average Bonchev–Trinajstić information content (AvgIpc) is 2.46. The molecule has 0 fully saturated rings. The molecule has 6 heteroatoms. The highest BCUT2D eigenvalue weighted by molar-refractivity contribution is 6.35. The van der Waals surface area contributed by atoms with Gasteiger partial charge in [0.1, 0.15) is 6.04 Å². The van der Waals surface area contributed by atoms with Gasteiger partial charge >= 0.3 is 12.3 Å². The minimum Gasteiger partial charge on any atom is -0.305 e. The van der Waals surface area contributed by atoms with Crippen LogP contribution in [0.1, 0.15) is 18.5 Å². The lowest BCUT2D eigenvalue weighted by atomic mass is 9.94. The quantitative estimate of drug-likeness (QED) is 0.761. The van der Waals surface area contributed by atoms with Gasteiger partial charge in [0.25, 0.3) is 0 Å². The number of hydrogen-bond acceptors (Lipinski definition) is 1. The zero-order chi connectivity index (χ0) is 15.6. The first-order valence-corrected chi connectivity index (χ1v) is 6.83.